The molecule has 126 valence electrons. The van der Waals surface area contributed by atoms with Gasteiger partial charge in [-0.1, -0.05) is 29.4 Å². The Labute approximate surface area is 148 Å². The van der Waals surface area contributed by atoms with Crippen LogP contribution >= 0.6 is 23.4 Å². The summed E-state index contributed by atoms with van der Waals surface area (Å²) < 4.78 is 1.78. The van der Waals surface area contributed by atoms with Crippen LogP contribution < -0.4 is 10.6 Å². The SMILES string of the molecule is C=CCNC(=O)NC(=O)CSc1nnc(-c2ccc(Cl)cc2)n1C. The Hall–Kier alpha value is -2.32. The van der Waals surface area contributed by atoms with Crippen molar-refractivity contribution in [1.82, 2.24) is 25.4 Å². The molecule has 0 aliphatic carbocycles. The minimum atomic E-state index is -0.555. The molecule has 7 nitrogen and oxygen atoms in total. The van der Waals surface area contributed by atoms with Crippen LogP contribution in [0.2, 0.25) is 5.02 Å². The molecule has 0 bridgehead atoms. The molecule has 2 N–H and O–H groups in total. The van der Waals surface area contributed by atoms with E-state index in [-0.39, 0.29) is 5.75 Å². The highest BCUT2D eigenvalue weighted by atomic mass is 35.5. The normalized spacial score (nSPS) is 10.2. The van der Waals surface area contributed by atoms with Crippen molar-refractivity contribution in [1.29, 1.82) is 0 Å². The van der Waals surface area contributed by atoms with E-state index in [1.54, 1.807) is 23.7 Å². The lowest BCUT2D eigenvalue weighted by Gasteiger charge is -2.05. The number of nitrogens with zero attached hydrogens (tertiary/aromatic N) is 3. The number of carbonyl (C=O) groups excluding carboxylic acids is 2. The molecule has 2 aromatic rings. The number of imide groups is 1. The largest absolute Gasteiger partial charge is 0.334 e. The van der Waals surface area contributed by atoms with Crippen molar-refractivity contribution < 1.29 is 9.59 Å². The molecule has 0 aliphatic heterocycles. The van der Waals surface area contributed by atoms with E-state index in [0.717, 1.165) is 5.56 Å². The molecule has 0 fully saturated rings. The van der Waals surface area contributed by atoms with Crippen molar-refractivity contribution in [2.45, 2.75) is 5.16 Å². The van der Waals surface area contributed by atoms with Crippen molar-refractivity contribution in [2.75, 3.05) is 12.3 Å². The highest BCUT2D eigenvalue weighted by Crippen LogP contribution is 2.23. The summed E-state index contributed by atoms with van der Waals surface area (Å²) in [7, 11) is 1.81. The summed E-state index contributed by atoms with van der Waals surface area (Å²) in [6.45, 7) is 3.76. The second-order valence-electron chi connectivity index (χ2n) is 4.71. The summed E-state index contributed by atoms with van der Waals surface area (Å²) in [6.07, 6.45) is 1.52. The van der Waals surface area contributed by atoms with Gasteiger partial charge < -0.3 is 9.88 Å². The molecule has 0 radical (unpaired) electrons. The lowest BCUT2D eigenvalue weighted by atomic mass is 10.2. The summed E-state index contributed by atoms with van der Waals surface area (Å²) in [4.78, 5) is 23.1. The molecule has 2 rings (SSSR count). The van der Waals surface area contributed by atoms with Gasteiger partial charge in [-0.3, -0.25) is 10.1 Å². The second-order valence-corrected chi connectivity index (χ2v) is 6.09. The number of amides is 3. The predicted octanol–water partition coefficient (Wildman–Crippen LogP) is 2.24. The molecule has 1 aromatic carbocycles. The van der Waals surface area contributed by atoms with Crippen LogP contribution in [0.15, 0.2) is 42.1 Å². The summed E-state index contributed by atoms with van der Waals surface area (Å²) in [6, 6.07) is 6.68. The average Bonchev–Trinajstić information content (AvgIpc) is 2.92. The Bertz CT molecular complexity index is 745. The molecule has 24 heavy (non-hydrogen) atoms. The summed E-state index contributed by atoms with van der Waals surface area (Å²) in [5.74, 6) is 0.296. The summed E-state index contributed by atoms with van der Waals surface area (Å²) in [5.41, 5.74) is 0.870. The van der Waals surface area contributed by atoms with E-state index in [1.165, 1.54) is 17.8 Å². The van der Waals surface area contributed by atoms with E-state index < -0.39 is 11.9 Å². The van der Waals surface area contributed by atoms with Crippen molar-refractivity contribution in [3.63, 3.8) is 0 Å². The molecule has 0 aliphatic rings. The summed E-state index contributed by atoms with van der Waals surface area (Å²) >= 11 is 7.06. The van der Waals surface area contributed by atoms with E-state index in [1.807, 2.05) is 12.1 Å². The number of nitrogens with one attached hydrogen (secondary N) is 2. The van der Waals surface area contributed by atoms with Gasteiger partial charge in [0.15, 0.2) is 11.0 Å². The molecule has 0 saturated carbocycles. The zero-order valence-corrected chi connectivity index (χ0v) is 14.5. The summed E-state index contributed by atoms with van der Waals surface area (Å²) in [5, 5.41) is 14.1. The van der Waals surface area contributed by atoms with Gasteiger partial charge in [0.05, 0.1) is 5.75 Å². The maximum atomic E-state index is 11.7. The third-order valence-corrected chi connectivity index (χ3v) is 4.20. The zero-order chi connectivity index (χ0) is 17.5. The van der Waals surface area contributed by atoms with Crippen molar-refractivity contribution in [2.24, 2.45) is 7.05 Å². The first-order valence-electron chi connectivity index (χ1n) is 6.98. The van der Waals surface area contributed by atoms with E-state index in [2.05, 4.69) is 27.4 Å². The Kier molecular flexibility index (Phi) is 6.39. The molecule has 1 aromatic heterocycles. The first-order valence-corrected chi connectivity index (χ1v) is 8.34. The fourth-order valence-electron chi connectivity index (χ4n) is 1.79. The van der Waals surface area contributed by atoms with Gasteiger partial charge in [-0.15, -0.1) is 16.8 Å². The fourth-order valence-corrected chi connectivity index (χ4v) is 2.63. The number of carbonyl (C=O) groups is 2. The molecular weight excluding hydrogens is 350 g/mol. The van der Waals surface area contributed by atoms with Crippen molar-refractivity contribution >= 4 is 35.3 Å². The van der Waals surface area contributed by atoms with Crippen LogP contribution in [0.1, 0.15) is 0 Å². The van der Waals surface area contributed by atoms with Gasteiger partial charge in [-0.2, -0.15) is 0 Å². The number of aromatic nitrogens is 3. The van der Waals surface area contributed by atoms with Crippen LogP contribution in [0.5, 0.6) is 0 Å². The van der Waals surface area contributed by atoms with E-state index in [0.29, 0.717) is 22.5 Å². The standard InChI is InChI=1S/C15H16ClN5O2S/c1-3-8-17-14(23)18-12(22)9-24-15-20-19-13(21(15)2)10-4-6-11(16)7-5-10/h3-7H,1,8-9H2,2H3,(H2,17,18,22,23). The average molecular weight is 366 g/mol. The van der Waals surface area contributed by atoms with E-state index in [4.69, 9.17) is 11.6 Å². The second kappa shape index (κ2) is 8.51. The number of hydrogen-bond donors (Lipinski definition) is 2. The monoisotopic (exact) mass is 365 g/mol. The maximum Gasteiger partial charge on any atom is 0.321 e. The minimum Gasteiger partial charge on any atom is -0.334 e. The van der Waals surface area contributed by atoms with Crippen LogP contribution in [0.25, 0.3) is 11.4 Å². The van der Waals surface area contributed by atoms with Crippen LogP contribution in [0.3, 0.4) is 0 Å². The van der Waals surface area contributed by atoms with E-state index in [9.17, 15) is 9.59 Å². The molecule has 0 unspecified atom stereocenters. The third kappa shape index (κ3) is 4.84. The number of halogens is 1. The molecular formula is C15H16ClN5O2S. The van der Waals surface area contributed by atoms with E-state index >= 15 is 0 Å². The maximum absolute atomic E-state index is 11.7. The molecule has 9 heteroatoms. The fraction of sp³-hybridized carbons (Fsp3) is 0.200. The van der Waals surface area contributed by atoms with Crippen LogP contribution in [-0.4, -0.2) is 39.0 Å². The lowest BCUT2D eigenvalue weighted by molar-refractivity contribution is -0.117. The zero-order valence-electron chi connectivity index (χ0n) is 13.0. The van der Waals surface area contributed by atoms with Gasteiger partial charge in [0.25, 0.3) is 0 Å². The molecule has 3 amide bonds. The quantitative estimate of drug-likeness (QED) is 0.605. The number of rotatable bonds is 6. The van der Waals surface area contributed by atoms with Crippen molar-refractivity contribution in [3.05, 3.63) is 41.9 Å². The number of benzene rings is 1. The molecule has 1 heterocycles. The van der Waals surface area contributed by atoms with Gasteiger partial charge in [-0.25, -0.2) is 4.79 Å². The highest BCUT2D eigenvalue weighted by Gasteiger charge is 2.14. The third-order valence-electron chi connectivity index (χ3n) is 2.93. The van der Waals surface area contributed by atoms with Crippen LogP contribution in [0.4, 0.5) is 4.79 Å². The van der Waals surface area contributed by atoms with Gasteiger partial charge in [-0.05, 0) is 24.3 Å². The first-order chi connectivity index (χ1) is 11.5. The van der Waals surface area contributed by atoms with Crippen molar-refractivity contribution in [3.8, 4) is 11.4 Å². The number of thioether (sulfide) groups is 1. The molecule has 0 spiro atoms. The Morgan fingerprint density at radius 2 is 2.04 bits per heavy atom. The Balaban J connectivity index is 1.94. The first kappa shape index (κ1) is 18.0. The predicted molar refractivity (Wildman–Crippen MR) is 93.9 cm³/mol. The van der Waals surface area contributed by atoms with Gasteiger partial charge in [0.1, 0.15) is 0 Å². The Morgan fingerprint density at radius 3 is 2.71 bits per heavy atom. The van der Waals surface area contributed by atoms with Gasteiger partial charge in [0, 0.05) is 24.2 Å². The van der Waals surface area contributed by atoms with Gasteiger partial charge >= 0.3 is 6.03 Å². The smallest absolute Gasteiger partial charge is 0.321 e. The Morgan fingerprint density at radius 1 is 1.33 bits per heavy atom. The number of urea groups is 1. The minimum absolute atomic E-state index is 0.0497. The number of hydrogen-bond acceptors (Lipinski definition) is 5. The van der Waals surface area contributed by atoms with Crippen LogP contribution in [-0.2, 0) is 11.8 Å². The lowest BCUT2D eigenvalue weighted by Crippen LogP contribution is -2.40. The topological polar surface area (TPSA) is 88.9 Å². The molecule has 0 atom stereocenters. The van der Waals surface area contributed by atoms with Crippen LogP contribution in [0, 0.1) is 0 Å². The molecule has 0 saturated heterocycles. The highest BCUT2D eigenvalue weighted by molar-refractivity contribution is 7.99. The van der Waals surface area contributed by atoms with Gasteiger partial charge in [0.2, 0.25) is 5.91 Å².